The van der Waals surface area contributed by atoms with Crippen LogP contribution < -0.4 is 5.32 Å². The van der Waals surface area contributed by atoms with E-state index in [1.165, 1.54) is 6.07 Å². The Kier molecular flexibility index (Phi) is 4.11. The number of non-ortho nitro benzene ring substituents is 1. The molecule has 0 aliphatic carbocycles. The minimum absolute atomic E-state index is 0.0266. The van der Waals surface area contributed by atoms with Gasteiger partial charge in [0.2, 0.25) is 0 Å². The van der Waals surface area contributed by atoms with Gasteiger partial charge in [-0.3, -0.25) is 34.7 Å². The number of imide groups is 1. The van der Waals surface area contributed by atoms with Crippen molar-refractivity contribution in [3.63, 3.8) is 0 Å². The molecule has 0 bridgehead atoms. The third kappa shape index (κ3) is 3.06. The molecule has 22 heavy (non-hydrogen) atoms. The molecular formula is C12H10N4O6. The minimum atomic E-state index is -0.747. The second-order valence-corrected chi connectivity index (χ2v) is 4.30. The van der Waals surface area contributed by atoms with Crippen LogP contribution in [0.3, 0.4) is 0 Å². The highest BCUT2D eigenvalue weighted by Gasteiger charge is 2.23. The maximum atomic E-state index is 11.3. The number of anilines is 1. The van der Waals surface area contributed by atoms with E-state index < -0.39 is 33.0 Å². The van der Waals surface area contributed by atoms with E-state index in [-0.39, 0.29) is 18.8 Å². The fraction of sp³-hybridized carbons (Fsp3) is 0.167. The summed E-state index contributed by atoms with van der Waals surface area (Å²) in [5.41, 5.74) is -0.777. The number of rotatable bonds is 6. The van der Waals surface area contributed by atoms with Gasteiger partial charge in [0.1, 0.15) is 5.69 Å². The number of hydrogen-bond donors (Lipinski definition) is 1. The van der Waals surface area contributed by atoms with Gasteiger partial charge in [0.25, 0.3) is 23.2 Å². The Morgan fingerprint density at radius 1 is 1.05 bits per heavy atom. The van der Waals surface area contributed by atoms with Gasteiger partial charge in [0.15, 0.2) is 0 Å². The molecule has 1 aliphatic rings. The van der Waals surface area contributed by atoms with Crippen LogP contribution in [0.1, 0.15) is 0 Å². The summed E-state index contributed by atoms with van der Waals surface area (Å²) in [6, 6.07) is 3.18. The van der Waals surface area contributed by atoms with Crippen LogP contribution in [0.25, 0.3) is 0 Å². The van der Waals surface area contributed by atoms with Crippen LogP contribution in [0.15, 0.2) is 30.4 Å². The third-order valence-electron chi connectivity index (χ3n) is 2.94. The van der Waals surface area contributed by atoms with E-state index in [0.29, 0.717) is 0 Å². The van der Waals surface area contributed by atoms with Crippen LogP contribution in [0, 0.1) is 20.2 Å². The molecule has 0 atom stereocenters. The van der Waals surface area contributed by atoms with Gasteiger partial charge >= 0.3 is 0 Å². The zero-order chi connectivity index (χ0) is 16.3. The number of nitro groups is 2. The van der Waals surface area contributed by atoms with Crippen LogP contribution in [0.4, 0.5) is 17.1 Å². The molecule has 2 amide bonds. The molecule has 1 heterocycles. The van der Waals surface area contributed by atoms with Gasteiger partial charge in [-0.15, -0.1) is 0 Å². The number of nitro benzene ring substituents is 2. The molecule has 2 rings (SSSR count). The van der Waals surface area contributed by atoms with E-state index in [1.807, 2.05) is 0 Å². The van der Waals surface area contributed by atoms with Gasteiger partial charge in [-0.2, -0.15) is 0 Å². The fourth-order valence-electron chi connectivity index (χ4n) is 1.89. The number of carbonyl (C=O) groups is 2. The maximum absolute atomic E-state index is 11.3. The van der Waals surface area contributed by atoms with Crippen molar-refractivity contribution < 1.29 is 19.4 Å². The second-order valence-electron chi connectivity index (χ2n) is 4.30. The topological polar surface area (TPSA) is 136 Å². The molecule has 0 spiro atoms. The summed E-state index contributed by atoms with van der Waals surface area (Å²) in [7, 11) is 0. The van der Waals surface area contributed by atoms with E-state index in [2.05, 4.69) is 5.32 Å². The summed E-state index contributed by atoms with van der Waals surface area (Å²) < 4.78 is 0. The van der Waals surface area contributed by atoms with E-state index >= 15 is 0 Å². The number of hydrogen-bond acceptors (Lipinski definition) is 7. The largest absolute Gasteiger partial charge is 0.378 e. The SMILES string of the molecule is O=C1C=CC(=O)N1CCNc1ccc([N+](=O)[O-])cc1[N+](=O)[O-]. The molecule has 0 aromatic heterocycles. The second kappa shape index (κ2) is 5.99. The first-order valence-electron chi connectivity index (χ1n) is 6.10. The molecule has 114 valence electrons. The molecule has 1 N–H and O–H groups in total. The quantitative estimate of drug-likeness (QED) is 0.467. The maximum Gasteiger partial charge on any atom is 0.299 e. The molecule has 1 aliphatic heterocycles. The Morgan fingerprint density at radius 3 is 2.23 bits per heavy atom. The van der Waals surface area contributed by atoms with Gasteiger partial charge in [-0.25, -0.2) is 0 Å². The molecule has 1 aromatic rings. The van der Waals surface area contributed by atoms with Crippen LogP contribution in [-0.4, -0.2) is 39.7 Å². The van der Waals surface area contributed by atoms with Gasteiger partial charge < -0.3 is 5.32 Å². The van der Waals surface area contributed by atoms with Crippen molar-refractivity contribution in [3.8, 4) is 0 Å². The summed E-state index contributed by atoms with van der Waals surface area (Å²) in [6.45, 7) is 0.108. The molecule has 10 nitrogen and oxygen atoms in total. The zero-order valence-electron chi connectivity index (χ0n) is 11.1. The predicted octanol–water partition coefficient (Wildman–Crippen LogP) is 0.840. The summed E-state index contributed by atoms with van der Waals surface area (Å²) in [4.78, 5) is 43.7. The van der Waals surface area contributed by atoms with Crippen molar-refractivity contribution in [3.05, 3.63) is 50.6 Å². The normalized spacial score (nSPS) is 13.5. The number of amides is 2. The molecular weight excluding hydrogens is 296 g/mol. The first kappa shape index (κ1) is 15.1. The van der Waals surface area contributed by atoms with Gasteiger partial charge in [0, 0.05) is 31.3 Å². The van der Waals surface area contributed by atoms with Gasteiger partial charge in [-0.1, -0.05) is 0 Å². The zero-order valence-corrected chi connectivity index (χ0v) is 11.1. The monoisotopic (exact) mass is 306 g/mol. The first-order chi connectivity index (χ1) is 10.4. The molecule has 0 unspecified atom stereocenters. The highest BCUT2D eigenvalue weighted by atomic mass is 16.6. The Labute approximate surface area is 123 Å². The van der Waals surface area contributed by atoms with Gasteiger partial charge in [-0.05, 0) is 6.07 Å². The lowest BCUT2D eigenvalue weighted by molar-refractivity contribution is -0.393. The average Bonchev–Trinajstić information content (AvgIpc) is 2.78. The van der Waals surface area contributed by atoms with E-state index in [9.17, 15) is 29.8 Å². The highest BCUT2D eigenvalue weighted by molar-refractivity contribution is 6.12. The number of nitrogens with zero attached hydrogens (tertiary/aromatic N) is 3. The molecule has 10 heteroatoms. The average molecular weight is 306 g/mol. The Morgan fingerprint density at radius 2 is 1.68 bits per heavy atom. The molecule has 1 aromatic carbocycles. The van der Waals surface area contributed by atoms with Crippen molar-refractivity contribution in [2.24, 2.45) is 0 Å². The molecule has 0 saturated heterocycles. The Bertz CT molecular complexity index is 681. The van der Waals surface area contributed by atoms with Crippen LogP contribution in [-0.2, 0) is 9.59 Å². The smallest absolute Gasteiger partial charge is 0.299 e. The standard InChI is InChI=1S/C12H10N4O6/c17-11-3-4-12(18)14(11)6-5-13-9-2-1-8(15(19)20)7-10(9)16(21)22/h1-4,7,13H,5-6H2. The van der Waals surface area contributed by atoms with Crippen molar-refractivity contribution in [2.75, 3.05) is 18.4 Å². The lowest BCUT2D eigenvalue weighted by atomic mass is 10.2. The Balaban J connectivity index is 2.06. The minimum Gasteiger partial charge on any atom is -0.378 e. The summed E-state index contributed by atoms with van der Waals surface area (Å²) in [6.07, 6.45) is 2.27. The lowest BCUT2D eigenvalue weighted by Gasteiger charge is -2.14. The summed E-state index contributed by atoms with van der Waals surface area (Å²) in [5, 5.41) is 24.2. The van der Waals surface area contributed by atoms with Crippen LogP contribution in [0.2, 0.25) is 0 Å². The number of nitrogens with one attached hydrogen (secondary N) is 1. The molecule has 0 fully saturated rings. The van der Waals surface area contributed by atoms with Gasteiger partial charge in [0.05, 0.1) is 15.9 Å². The van der Waals surface area contributed by atoms with Crippen LogP contribution in [0.5, 0.6) is 0 Å². The summed E-state index contributed by atoms with van der Waals surface area (Å²) in [5.74, 6) is -0.907. The van der Waals surface area contributed by atoms with E-state index in [1.54, 1.807) is 0 Å². The highest BCUT2D eigenvalue weighted by Crippen LogP contribution is 2.28. The third-order valence-corrected chi connectivity index (χ3v) is 2.94. The fourth-order valence-corrected chi connectivity index (χ4v) is 1.89. The van der Waals surface area contributed by atoms with E-state index in [4.69, 9.17) is 0 Å². The Hall–Kier alpha value is -3.30. The van der Waals surface area contributed by atoms with Crippen molar-refractivity contribution in [2.45, 2.75) is 0 Å². The van der Waals surface area contributed by atoms with E-state index in [0.717, 1.165) is 29.2 Å². The van der Waals surface area contributed by atoms with Crippen molar-refractivity contribution in [1.82, 2.24) is 4.90 Å². The first-order valence-corrected chi connectivity index (χ1v) is 6.10. The molecule has 0 saturated carbocycles. The number of benzene rings is 1. The summed E-state index contributed by atoms with van der Waals surface area (Å²) >= 11 is 0. The van der Waals surface area contributed by atoms with Crippen LogP contribution >= 0.6 is 0 Å². The number of carbonyl (C=O) groups excluding carboxylic acids is 2. The predicted molar refractivity (Wildman–Crippen MR) is 74.1 cm³/mol. The lowest BCUT2D eigenvalue weighted by Crippen LogP contribution is -2.34. The van der Waals surface area contributed by atoms with Crippen molar-refractivity contribution >= 4 is 28.9 Å². The van der Waals surface area contributed by atoms with Crippen molar-refractivity contribution in [1.29, 1.82) is 0 Å². The molecule has 0 radical (unpaired) electrons.